The highest BCUT2D eigenvalue weighted by atomic mass is 32.2. The van der Waals surface area contributed by atoms with Gasteiger partial charge in [-0.1, -0.05) is 60.3 Å². The highest BCUT2D eigenvalue weighted by molar-refractivity contribution is 7.99. The van der Waals surface area contributed by atoms with Gasteiger partial charge < -0.3 is 13.9 Å². The Balaban J connectivity index is 1.46. The number of nitrogens with zero attached hydrogens (tertiary/aromatic N) is 5. The van der Waals surface area contributed by atoms with E-state index in [2.05, 4.69) is 33.8 Å². The lowest BCUT2D eigenvalue weighted by Crippen LogP contribution is -2.31. The quantitative estimate of drug-likeness (QED) is 0.273. The minimum atomic E-state index is 0.0682. The number of carbonyl (C=O) groups excluding carboxylic acids is 1. The van der Waals surface area contributed by atoms with Crippen LogP contribution in [0.15, 0.2) is 82.6 Å². The number of hydrogen-bond acceptors (Lipinski definition) is 5. The van der Waals surface area contributed by atoms with Crippen molar-refractivity contribution in [2.24, 2.45) is 7.05 Å². The minimum absolute atomic E-state index is 0.0682. The van der Waals surface area contributed by atoms with Crippen LogP contribution in [-0.2, 0) is 18.4 Å². The lowest BCUT2D eigenvalue weighted by Gasteiger charge is -2.21. The Kier molecular flexibility index (Phi) is 6.46. The number of aromatic nitrogens is 4. The summed E-state index contributed by atoms with van der Waals surface area (Å²) in [5.41, 5.74) is 5.88. The summed E-state index contributed by atoms with van der Waals surface area (Å²) in [7, 11) is 1.99. The van der Waals surface area contributed by atoms with Gasteiger partial charge in [0, 0.05) is 32.3 Å². The molecule has 3 aromatic heterocycles. The summed E-state index contributed by atoms with van der Waals surface area (Å²) >= 11 is 1.41. The Morgan fingerprint density at radius 3 is 2.57 bits per heavy atom. The highest BCUT2D eigenvalue weighted by Crippen LogP contribution is 2.32. The highest BCUT2D eigenvalue weighted by Gasteiger charge is 2.23. The van der Waals surface area contributed by atoms with E-state index in [1.54, 1.807) is 6.26 Å². The van der Waals surface area contributed by atoms with E-state index in [0.717, 1.165) is 33.6 Å². The number of carbonyl (C=O) groups is 1. The maximum atomic E-state index is 13.1. The topological polar surface area (TPSA) is 69.1 Å². The predicted molar refractivity (Wildman–Crippen MR) is 139 cm³/mol. The van der Waals surface area contributed by atoms with E-state index >= 15 is 0 Å². The van der Waals surface area contributed by atoms with Crippen molar-refractivity contribution in [1.82, 2.24) is 24.2 Å². The summed E-state index contributed by atoms with van der Waals surface area (Å²) < 4.78 is 9.70. The number of amides is 1. The van der Waals surface area contributed by atoms with Crippen LogP contribution in [0.3, 0.4) is 0 Å². The van der Waals surface area contributed by atoms with Gasteiger partial charge in [0.1, 0.15) is 0 Å². The van der Waals surface area contributed by atoms with E-state index in [0.29, 0.717) is 24.1 Å². The van der Waals surface area contributed by atoms with E-state index in [9.17, 15) is 4.79 Å². The van der Waals surface area contributed by atoms with Gasteiger partial charge in [0.05, 0.1) is 28.9 Å². The van der Waals surface area contributed by atoms with Crippen molar-refractivity contribution in [2.45, 2.75) is 25.5 Å². The number of aryl methyl sites for hydroxylation is 2. The van der Waals surface area contributed by atoms with Gasteiger partial charge >= 0.3 is 0 Å². The summed E-state index contributed by atoms with van der Waals surface area (Å²) in [6.07, 6.45) is 1.68. The molecule has 0 aliphatic heterocycles. The van der Waals surface area contributed by atoms with Gasteiger partial charge in [-0.05, 0) is 31.0 Å². The Labute approximate surface area is 208 Å². The van der Waals surface area contributed by atoms with E-state index in [-0.39, 0.29) is 11.7 Å². The van der Waals surface area contributed by atoms with Crippen LogP contribution < -0.4 is 0 Å². The second-order valence-electron chi connectivity index (χ2n) is 8.37. The first-order chi connectivity index (χ1) is 17.1. The molecule has 178 valence electrons. The van der Waals surface area contributed by atoms with E-state index < -0.39 is 0 Å². The van der Waals surface area contributed by atoms with Gasteiger partial charge in [-0.2, -0.15) is 0 Å². The Bertz CT molecular complexity index is 1470. The number of hydrogen-bond donors (Lipinski definition) is 0. The van der Waals surface area contributed by atoms with Crippen LogP contribution in [0, 0.1) is 6.92 Å². The van der Waals surface area contributed by atoms with Crippen LogP contribution >= 0.6 is 11.8 Å². The molecule has 2 aromatic carbocycles. The third-order valence-corrected chi connectivity index (χ3v) is 7.07. The molecule has 0 radical (unpaired) electrons. The number of rotatable bonds is 8. The zero-order valence-electron chi connectivity index (χ0n) is 20.0. The summed E-state index contributed by atoms with van der Waals surface area (Å²) in [4.78, 5) is 15.0. The number of benzene rings is 2. The zero-order valence-corrected chi connectivity index (χ0v) is 20.8. The average molecular weight is 486 g/mol. The lowest BCUT2D eigenvalue weighted by atomic mass is 10.2. The van der Waals surface area contributed by atoms with Crippen LogP contribution in [0.25, 0.3) is 28.3 Å². The smallest absolute Gasteiger partial charge is 0.233 e. The van der Waals surface area contributed by atoms with Gasteiger partial charge in [0.25, 0.3) is 0 Å². The fourth-order valence-corrected chi connectivity index (χ4v) is 5.07. The molecule has 0 bridgehead atoms. The van der Waals surface area contributed by atoms with Crippen LogP contribution in [-0.4, -0.2) is 42.4 Å². The van der Waals surface area contributed by atoms with Crippen molar-refractivity contribution in [3.8, 4) is 17.2 Å². The Morgan fingerprint density at radius 1 is 1.06 bits per heavy atom. The molecule has 0 aliphatic rings. The van der Waals surface area contributed by atoms with Gasteiger partial charge in [0.2, 0.25) is 5.91 Å². The van der Waals surface area contributed by atoms with Crippen molar-refractivity contribution in [3.63, 3.8) is 0 Å². The number of thioether (sulfide) groups is 1. The molecule has 0 N–H and O–H groups in total. The molecule has 1 amide bonds. The van der Waals surface area contributed by atoms with Crippen LogP contribution in [0.5, 0.6) is 0 Å². The van der Waals surface area contributed by atoms with Gasteiger partial charge in [-0.3, -0.25) is 9.36 Å². The molecule has 0 atom stereocenters. The first-order valence-electron chi connectivity index (χ1n) is 11.6. The molecule has 8 heteroatoms. The molecule has 3 heterocycles. The summed E-state index contributed by atoms with van der Waals surface area (Å²) in [5, 5.41) is 9.74. The second kappa shape index (κ2) is 9.84. The van der Waals surface area contributed by atoms with Crippen molar-refractivity contribution >= 4 is 28.8 Å². The standard InChI is InChI=1S/C27H27N5O2S/c1-4-31(17-20-11-6-5-7-12-20)25(33)18-35-27-29-28-26(32(27)21-13-9-8-10-19(21)2)23-16-24-22(30(23)3)14-15-34-24/h5-16H,4,17-18H2,1-3H3. The van der Waals surface area contributed by atoms with Crippen molar-refractivity contribution < 1.29 is 9.21 Å². The molecule has 5 rings (SSSR count). The molecule has 0 saturated carbocycles. The van der Waals surface area contributed by atoms with Gasteiger partial charge in [0.15, 0.2) is 16.6 Å². The number of fused-ring (bicyclic) bond motifs is 1. The Hall–Kier alpha value is -3.78. The lowest BCUT2D eigenvalue weighted by molar-refractivity contribution is -0.128. The van der Waals surface area contributed by atoms with Crippen molar-refractivity contribution in [2.75, 3.05) is 12.3 Å². The maximum absolute atomic E-state index is 13.1. The van der Waals surface area contributed by atoms with Crippen LogP contribution in [0.4, 0.5) is 0 Å². The summed E-state index contributed by atoms with van der Waals surface area (Å²) in [6.45, 7) is 5.31. The summed E-state index contributed by atoms with van der Waals surface area (Å²) in [6, 6.07) is 22.1. The molecule has 0 saturated heterocycles. The second-order valence-corrected chi connectivity index (χ2v) is 9.31. The molecule has 0 aliphatic carbocycles. The molecule has 0 unspecified atom stereocenters. The molecule has 35 heavy (non-hydrogen) atoms. The van der Waals surface area contributed by atoms with Crippen molar-refractivity contribution in [3.05, 3.63) is 84.1 Å². The Morgan fingerprint density at radius 2 is 1.83 bits per heavy atom. The fraction of sp³-hybridized carbons (Fsp3) is 0.222. The molecule has 7 nitrogen and oxygen atoms in total. The zero-order chi connectivity index (χ0) is 24.4. The maximum Gasteiger partial charge on any atom is 0.233 e. The molecular formula is C27H27N5O2S. The minimum Gasteiger partial charge on any atom is -0.463 e. The van der Waals surface area contributed by atoms with E-state index in [4.69, 9.17) is 4.42 Å². The fourth-order valence-electron chi connectivity index (χ4n) is 4.22. The molecular weight excluding hydrogens is 458 g/mol. The summed E-state index contributed by atoms with van der Waals surface area (Å²) in [5.74, 6) is 1.05. The number of para-hydroxylation sites is 1. The molecule has 5 aromatic rings. The molecule has 0 spiro atoms. The van der Waals surface area contributed by atoms with Crippen molar-refractivity contribution in [1.29, 1.82) is 0 Å². The van der Waals surface area contributed by atoms with E-state index in [1.165, 1.54) is 11.8 Å². The predicted octanol–water partition coefficient (Wildman–Crippen LogP) is 5.47. The molecule has 0 fully saturated rings. The van der Waals surface area contributed by atoms with Crippen LogP contribution in [0.2, 0.25) is 0 Å². The monoisotopic (exact) mass is 485 g/mol. The largest absolute Gasteiger partial charge is 0.463 e. The van der Waals surface area contributed by atoms with Gasteiger partial charge in [-0.15, -0.1) is 10.2 Å². The van der Waals surface area contributed by atoms with Gasteiger partial charge in [-0.25, -0.2) is 0 Å². The first-order valence-corrected chi connectivity index (χ1v) is 12.5. The van der Waals surface area contributed by atoms with E-state index in [1.807, 2.05) is 78.0 Å². The normalized spacial score (nSPS) is 11.3. The third-order valence-electron chi connectivity index (χ3n) is 6.16. The first kappa shape index (κ1) is 23.0. The third kappa shape index (κ3) is 4.49. The SMILES string of the molecule is CCN(Cc1ccccc1)C(=O)CSc1nnc(-c2cc3occc3n2C)n1-c1ccccc1C. The van der Waals surface area contributed by atoms with Crippen LogP contribution in [0.1, 0.15) is 18.1 Å². The number of furan rings is 1. The average Bonchev–Trinajstić information content (AvgIpc) is 3.58.